The van der Waals surface area contributed by atoms with Crippen LogP contribution in [0.5, 0.6) is 5.75 Å². The first-order chi connectivity index (χ1) is 8.15. The number of nitrogens with two attached hydrogens (primary N) is 1. The van der Waals surface area contributed by atoms with Gasteiger partial charge in [-0.05, 0) is 19.1 Å². The molecule has 0 aliphatic heterocycles. The van der Waals surface area contributed by atoms with E-state index >= 15 is 0 Å². The molecule has 2 N–H and O–H groups in total. The van der Waals surface area contributed by atoms with E-state index in [2.05, 4.69) is 4.74 Å². The first-order valence-corrected chi connectivity index (χ1v) is 5.20. The molecule has 0 aliphatic rings. The number of hydrogen-bond acceptors (Lipinski definition) is 5. The first-order valence-electron chi connectivity index (χ1n) is 5.20. The Balaban J connectivity index is 2.58. The number of rotatable bonds is 3. The Morgan fingerprint density at radius 1 is 1.41 bits per heavy atom. The molecule has 0 fully saturated rings. The fourth-order valence-corrected chi connectivity index (χ4v) is 1.61. The molecule has 0 radical (unpaired) electrons. The molecule has 0 aliphatic carbocycles. The zero-order chi connectivity index (χ0) is 12.4. The van der Waals surface area contributed by atoms with Crippen molar-refractivity contribution in [2.75, 3.05) is 19.5 Å². The van der Waals surface area contributed by atoms with E-state index in [1.807, 2.05) is 6.92 Å². The lowest BCUT2D eigenvalue weighted by molar-refractivity contribution is 0.0567. The Kier molecular flexibility index (Phi) is 2.91. The molecule has 2 aromatic rings. The lowest BCUT2D eigenvalue weighted by atomic mass is 10.2. The van der Waals surface area contributed by atoms with Gasteiger partial charge in [-0.2, -0.15) is 0 Å². The van der Waals surface area contributed by atoms with Crippen LogP contribution in [0.25, 0.3) is 11.0 Å². The number of fused-ring (bicyclic) bond motifs is 1. The predicted octanol–water partition coefficient (Wildman–Crippen LogP) is 2.20. The van der Waals surface area contributed by atoms with Crippen LogP contribution in [0.2, 0.25) is 0 Å². The van der Waals surface area contributed by atoms with Gasteiger partial charge < -0.3 is 19.6 Å². The maximum atomic E-state index is 11.3. The van der Waals surface area contributed by atoms with Crippen LogP contribution >= 0.6 is 0 Å². The molecule has 1 aromatic heterocycles. The van der Waals surface area contributed by atoms with Gasteiger partial charge in [-0.1, -0.05) is 0 Å². The van der Waals surface area contributed by atoms with Gasteiger partial charge in [0.1, 0.15) is 0 Å². The van der Waals surface area contributed by atoms with Gasteiger partial charge in [0.15, 0.2) is 11.3 Å². The number of benzene rings is 1. The normalized spacial score (nSPS) is 10.5. The molecule has 90 valence electrons. The van der Waals surface area contributed by atoms with Crippen LogP contribution in [0, 0.1) is 0 Å². The van der Waals surface area contributed by atoms with Crippen LogP contribution < -0.4 is 10.5 Å². The van der Waals surface area contributed by atoms with E-state index in [0.717, 1.165) is 0 Å². The van der Waals surface area contributed by atoms with Gasteiger partial charge in [0, 0.05) is 17.1 Å². The predicted molar refractivity (Wildman–Crippen MR) is 63.1 cm³/mol. The van der Waals surface area contributed by atoms with Crippen molar-refractivity contribution in [2.45, 2.75) is 6.92 Å². The smallest absolute Gasteiger partial charge is 0.373 e. The summed E-state index contributed by atoms with van der Waals surface area (Å²) < 4.78 is 15.4. The van der Waals surface area contributed by atoms with Gasteiger partial charge in [0.05, 0.1) is 13.7 Å². The molecular weight excluding hydrogens is 222 g/mol. The summed E-state index contributed by atoms with van der Waals surface area (Å²) in [6.07, 6.45) is 0. The summed E-state index contributed by atoms with van der Waals surface area (Å²) >= 11 is 0. The van der Waals surface area contributed by atoms with Crippen LogP contribution in [0.3, 0.4) is 0 Å². The van der Waals surface area contributed by atoms with E-state index in [4.69, 9.17) is 14.9 Å². The molecule has 0 spiro atoms. The molecule has 5 heteroatoms. The maximum absolute atomic E-state index is 11.3. The third-order valence-electron chi connectivity index (χ3n) is 2.29. The summed E-state index contributed by atoms with van der Waals surface area (Å²) in [7, 11) is 1.30. The van der Waals surface area contributed by atoms with E-state index in [0.29, 0.717) is 29.0 Å². The summed E-state index contributed by atoms with van der Waals surface area (Å²) in [4.78, 5) is 11.3. The topological polar surface area (TPSA) is 74.7 Å². The van der Waals surface area contributed by atoms with Gasteiger partial charge in [0.25, 0.3) is 0 Å². The second kappa shape index (κ2) is 4.37. The Morgan fingerprint density at radius 3 is 2.82 bits per heavy atom. The van der Waals surface area contributed by atoms with Gasteiger partial charge in [0.2, 0.25) is 5.76 Å². The average Bonchev–Trinajstić information content (AvgIpc) is 2.72. The number of nitrogen functional groups attached to an aromatic ring is 1. The van der Waals surface area contributed by atoms with Crippen molar-refractivity contribution < 1.29 is 18.7 Å². The van der Waals surface area contributed by atoms with Gasteiger partial charge >= 0.3 is 5.97 Å². The Labute approximate surface area is 98.1 Å². The minimum absolute atomic E-state index is 0.133. The summed E-state index contributed by atoms with van der Waals surface area (Å²) in [5, 5.41) is 0.717. The third kappa shape index (κ3) is 2.04. The van der Waals surface area contributed by atoms with Crippen LogP contribution in [-0.2, 0) is 4.74 Å². The maximum Gasteiger partial charge on any atom is 0.373 e. The van der Waals surface area contributed by atoms with Crippen LogP contribution in [0.4, 0.5) is 5.69 Å². The van der Waals surface area contributed by atoms with Crippen LogP contribution in [0.15, 0.2) is 22.6 Å². The number of carbonyl (C=O) groups excluding carboxylic acids is 1. The zero-order valence-electron chi connectivity index (χ0n) is 9.65. The van der Waals surface area contributed by atoms with Gasteiger partial charge in [-0.15, -0.1) is 0 Å². The number of esters is 1. The number of furan rings is 1. The first kappa shape index (κ1) is 11.3. The van der Waals surface area contributed by atoms with E-state index in [1.165, 1.54) is 7.11 Å². The van der Waals surface area contributed by atoms with Crippen molar-refractivity contribution in [1.29, 1.82) is 0 Å². The van der Waals surface area contributed by atoms with E-state index < -0.39 is 5.97 Å². The SMILES string of the molecule is CCOc1cc(N)cc2cc(C(=O)OC)oc12. The molecular formula is C12H13NO4. The van der Waals surface area contributed by atoms with E-state index in [-0.39, 0.29) is 5.76 Å². The van der Waals surface area contributed by atoms with Crippen molar-refractivity contribution in [3.8, 4) is 5.75 Å². The van der Waals surface area contributed by atoms with Gasteiger partial charge in [-0.25, -0.2) is 4.79 Å². The lowest BCUT2D eigenvalue weighted by Gasteiger charge is -2.04. The average molecular weight is 235 g/mol. The molecule has 1 aromatic carbocycles. The lowest BCUT2D eigenvalue weighted by Crippen LogP contribution is -1.98. The van der Waals surface area contributed by atoms with Crippen molar-refractivity contribution in [2.24, 2.45) is 0 Å². The summed E-state index contributed by atoms with van der Waals surface area (Å²) in [6, 6.07) is 4.96. The molecule has 17 heavy (non-hydrogen) atoms. The Hall–Kier alpha value is -2.17. The Bertz CT molecular complexity index is 559. The number of ether oxygens (including phenoxy) is 2. The molecule has 0 saturated carbocycles. The highest BCUT2D eigenvalue weighted by atomic mass is 16.5. The molecule has 5 nitrogen and oxygen atoms in total. The van der Waals surface area contributed by atoms with Crippen LogP contribution in [0.1, 0.15) is 17.5 Å². The second-order valence-corrected chi connectivity index (χ2v) is 3.47. The quantitative estimate of drug-likeness (QED) is 0.652. The standard InChI is InChI=1S/C12H13NO4/c1-3-16-9-6-8(13)4-7-5-10(12(14)15-2)17-11(7)9/h4-6H,3,13H2,1-2H3. The fourth-order valence-electron chi connectivity index (χ4n) is 1.61. The monoisotopic (exact) mass is 235 g/mol. The van der Waals surface area contributed by atoms with Crippen LogP contribution in [-0.4, -0.2) is 19.7 Å². The zero-order valence-corrected chi connectivity index (χ0v) is 9.65. The van der Waals surface area contributed by atoms with E-state index in [9.17, 15) is 4.79 Å². The molecule has 0 saturated heterocycles. The fraction of sp³-hybridized carbons (Fsp3) is 0.250. The number of hydrogen-bond donors (Lipinski definition) is 1. The largest absolute Gasteiger partial charge is 0.490 e. The molecule has 0 amide bonds. The highest BCUT2D eigenvalue weighted by molar-refractivity contribution is 5.95. The Morgan fingerprint density at radius 2 is 2.18 bits per heavy atom. The minimum atomic E-state index is -0.526. The summed E-state index contributed by atoms with van der Waals surface area (Å²) in [6.45, 7) is 2.35. The van der Waals surface area contributed by atoms with E-state index in [1.54, 1.807) is 18.2 Å². The van der Waals surface area contributed by atoms with Gasteiger partial charge in [-0.3, -0.25) is 0 Å². The second-order valence-electron chi connectivity index (χ2n) is 3.47. The molecule has 1 heterocycles. The highest BCUT2D eigenvalue weighted by Gasteiger charge is 2.15. The van der Waals surface area contributed by atoms with Crippen molar-refractivity contribution in [3.63, 3.8) is 0 Å². The third-order valence-corrected chi connectivity index (χ3v) is 2.29. The summed E-state index contributed by atoms with van der Waals surface area (Å²) in [5.41, 5.74) is 6.79. The minimum Gasteiger partial charge on any atom is -0.490 e. The summed E-state index contributed by atoms with van der Waals surface area (Å²) in [5.74, 6) is 0.133. The number of carbonyl (C=O) groups is 1. The molecule has 0 atom stereocenters. The number of methoxy groups -OCH3 is 1. The van der Waals surface area contributed by atoms with Crippen molar-refractivity contribution in [1.82, 2.24) is 0 Å². The molecule has 0 bridgehead atoms. The highest BCUT2D eigenvalue weighted by Crippen LogP contribution is 2.31. The van der Waals surface area contributed by atoms with Crippen molar-refractivity contribution >= 4 is 22.6 Å². The molecule has 2 rings (SSSR count). The molecule has 0 unspecified atom stereocenters. The van der Waals surface area contributed by atoms with Crippen molar-refractivity contribution in [3.05, 3.63) is 24.0 Å². The number of anilines is 1.